The Morgan fingerprint density at radius 1 is 1.07 bits per heavy atom. The van der Waals surface area contributed by atoms with Crippen molar-refractivity contribution in [2.45, 2.75) is 11.4 Å². The number of nitrogens with one attached hydrogen (secondary N) is 1. The van der Waals surface area contributed by atoms with E-state index in [9.17, 15) is 8.42 Å². The van der Waals surface area contributed by atoms with Crippen LogP contribution in [0.25, 0.3) is 17.1 Å². The molecular weight excluding hydrogens is 402 g/mol. The van der Waals surface area contributed by atoms with Crippen LogP contribution in [0.4, 0.5) is 17.3 Å². The molecule has 0 spiro atoms. The fourth-order valence-electron chi connectivity index (χ4n) is 3.41. The standard InChI is InChI=1S/C20H19N7O2S/c1-25-18-8-5-16(11-14(18)12-21-25)26-9-10-27-19(13-26)23-20(24-27)22-15-3-6-17(7-4-15)30(2,28)29/h3-12H,13H2,1-2H3,(H,22,24). The molecule has 10 heteroatoms. The number of sulfone groups is 1. The van der Waals surface area contributed by atoms with Crippen molar-refractivity contribution in [2.24, 2.45) is 7.05 Å². The number of hydrogen-bond acceptors (Lipinski definition) is 7. The molecule has 30 heavy (non-hydrogen) atoms. The van der Waals surface area contributed by atoms with Crippen molar-refractivity contribution in [1.29, 1.82) is 0 Å². The summed E-state index contributed by atoms with van der Waals surface area (Å²) in [5.74, 6) is 1.24. The Balaban J connectivity index is 1.35. The van der Waals surface area contributed by atoms with Gasteiger partial charge < -0.3 is 10.2 Å². The van der Waals surface area contributed by atoms with Crippen molar-refractivity contribution in [1.82, 2.24) is 24.5 Å². The summed E-state index contributed by atoms with van der Waals surface area (Å²) < 4.78 is 26.8. The summed E-state index contributed by atoms with van der Waals surface area (Å²) in [6.45, 7) is 0.573. The van der Waals surface area contributed by atoms with E-state index in [1.54, 1.807) is 28.9 Å². The normalized spacial score (nSPS) is 13.6. The van der Waals surface area contributed by atoms with Gasteiger partial charge in [0, 0.05) is 42.5 Å². The summed E-state index contributed by atoms with van der Waals surface area (Å²) in [5.41, 5.74) is 2.84. The lowest BCUT2D eigenvalue weighted by molar-refractivity contribution is 0.602. The monoisotopic (exact) mass is 421 g/mol. The fraction of sp³-hybridized carbons (Fsp3) is 0.150. The van der Waals surface area contributed by atoms with E-state index in [2.05, 4.69) is 43.6 Å². The SMILES string of the molecule is Cn1ncc2cc(N3C=Cn4nc(Nc5ccc(S(C)(=O)=O)cc5)nc4C3)ccc21. The van der Waals surface area contributed by atoms with Gasteiger partial charge in [-0.25, -0.2) is 13.1 Å². The largest absolute Gasteiger partial charge is 0.339 e. The quantitative estimate of drug-likeness (QED) is 0.541. The lowest BCUT2D eigenvalue weighted by atomic mass is 10.2. The van der Waals surface area contributed by atoms with Gasteiger partial charge in [-0.3, -0.25) is 4.68 Å². The van der Waals surface area contributed by atoms with Gasteiger partial charge in [0.25, 0.3) is 0 Å². The number of fused-ring (bicyclic) bond motifs is 2. The highest BCUT2D eigenvalue weighted by Crippen LogP contribution is 2.26. The molecule has 1 aliphatic heterocycles. The molecule has 4 aromatic rings. The van der Waals surface area contributed by atoms with Gasteiger partial charge >= 0.3 is 0 Å². The molecule has 0 aliphatic carbocycles. The van der Waals surface area contributed by atoms with Crippen LogP contribution in [0.3, 0.4) is 0 Å². The smallest absolute Gasteiger partial charge is 0.247 e. The zero-order valence-electron chi connectivity index (χ0n) is 16.4. The van der Waals surface area contributed by atoms with Crippen molar-refractivity contribution in [2.75, 3.05) is 16.5 Å². The Bertz CT molecular complexity index is 1380. The van der Waals surface area contributed by atoms with Crippen LogP contribution in [-0.4, -0.2) is 39.2 Å². The van der Waals surface area contributed by atoms with Gasteiger partial charge in [-0.1, -0.05) is 0 Å². The van der Waals surface area contributed by atoms with E-state index in [1.807, 2.05) is 30.3 Å². The Morgan fingerprint density at radius 3 is 2.63 bits per heavy atom. The summed E-state index contributed by atoms with van der Waals surface area (Å²) in [6.07, 6.45) is 6.86. The van der Waals surface area contributed by atoms with E-state index in [-0.39, 0.29) is 4.90 Å². The summed E-state index contributed by atoms with van der Waals surface area (Å²) in [5, 5.41) is 12.9. The first kappa shape index (κ1) is 18.4. The van der Waals surface area contributed by atoms with Gasteiger partial charge in [0.1, 0.15) is 0 Å². The van der Waals surface area contributed by atoms with Crippen LogP contribution in [0, 0.1) is 0 Å². The summed E-state index contributed by atoms with van der Waals surface area (Å²) in [4.78, 5) is 6.94. The molecule has 2 aromatic heterocycles. The van der Waals surface area contributed by atoms with Crippen LogP contribution in [0.1, 0.15) is 5.82 Å². The molecular formula is C20H19N7O2S. The van der Waals surface area contributed by atoms with Crippen molar-refractivity contribution < 1.29 is 8.42 Å². The number of rotatable bonds is 4. The van der Waals surface area contributed by atoms with Gasteiger partial charge in [-0.15, -0.1) is 5.10 Å². The zero-order chi connectivity index (χ0) is 20.9. The van der Waals surface area contributed by atoms with Crippen LogP contribution in [0.15, 0.2) is 59.8 Å². The van der Waals surface area contributed by atoms with E-state index in [0.29, 0.717) is 18.2 Å². The highest BCUT2D eigenvalue weighted by atomic mass is 32.2. The van der Waals surface area contributed by atoms with Gasteiger partial charge in [-0.2, -0.15) is 10.1 Å². The predicted octanol–water partition coefficient (Wildman–Crippen LogP) is 2.76. The van der Waals surface area contributed by atoms with Crippen molar-refractivity contribution in [3.8, 4) is 0 Å². The lowest BCUT2D eigenvalue weighted by Gasteiger charge is -2.23. The topological polar surface area (TPSA) is 97.9 Å². The minimum atomic E-state index is -3.22. The number of hydrogen-bond donors (Lipinski definition) is 1. The molecule has 0 unspecified atom stereocenters. The van der Waals surface area contributed by atoms with Gasteiger partial charge in [0.05, 0.1) is 23.2 Å². The molecule has 0 radical (unpaired) electrons. The van der Waals surface area contributed by atoms with Gasteiger partial charge in [0.2, 0.25) is 5.95 Å². The van der Waals surface area contributed by atoms with Gasteiger partial charge in [-0.05, 0) is 42.5 Å². The lowest BCUT2D eigenvalue weighted by Crippen LogP contribution is -2.22. The maximum Gasteiger partial charge on any atom is 0.247 e. The van der Waals surface area contributed by atoms with E-state index in [1.165, 1.54) is 6.26 Å². The second kappa shape index (κ2) is 6.70. The number of aromatic nitrogens is 5. The molecule has 1 N–H and O–H groups in total. The van der Waals surface area contributed by atoms with Crippen molar-refractivity contribution >= 4 is 44.3 Å². The number of anilines is 3. The number of nitrogens with zero attached hydrogens (tertiary/aromatic N) is 6. The second-order valence-corrected chi connectivity index (χ2v) is 9.17. The predicted molar refractivity (Wildman–Crippen MR) is 115 cm³/mol. The average molecular weight is 421 g/mol. The molecule has 5 rings (SSSR count). The third-order valence-corrected chi connectivity index (χ3v) is 6.13. The molecule has 9 nitrogen and oxygen atoms in total. The summed E-state index contributed by atoms with van der Waals surface area (Å²) in [7, 11) is -1.30. The van der Waals surface area contributed by atoms with E-state index in [0.717, 1.165) is 22.4 Å². The highest BCUT2D eigenvalue weighted by Gasteiger charge is 2.17. The Morgan fingerprint density at radius 2 is 1.87 bits per heavy atom. The number of aryl methyl sites for hydroxylation is 1. The fourth-order valence-corrected chi connectivity index (χ4v) is 4.04. The first-order valence-corrected chi connectivity index (χ1v) is 11.2. The van der Waals surface area contributed by atoms with Gasteiger partial charge in [0.15, 0.2) is 15.7 Å². The highest BCUT2D eigenvalue weighted by molar-refractivity contribution is 7.90. The van der Waals surface area contributed by atoms with Crippen LogP contribution in [0.2, 0.25) is 0 Å². The minimum absolute atomic E-state index is 0.273. The molecule has 3 heterocycles. The summed E-state index contributed by atoms with van der Waals surface area (Å²) in [6, 6.07) is 12.7. The molecule has 0 fully saturated rings. The third-order valence-electron chi connectivity index (χ3n) is 5.00. The van der Waals surface area contributed by atoms with Crippen molar-refractivity contribution in [3.63, 3.8) is 0 Å². The maximum atomic E-state index is 11.6. The van der Waals surface area contributed by atoms with E-state index < -0.39 is 9.84 Å². The average Bonchev–Trinajstić information content (AvgIpc) is 3.29. The first-order chi connectivity index (χ1) is 14.4. The molecule has 0 atom stereocenters. The molecule has 2 aromatic carbocycles. The van der Waals surface area contributed by atoms with E-state index in [4.69, 9.17) is 0 Å². The minimum Gasteiger partial charge on any atom is -0.339 e. The molecule has 1 aliphatic rings. The zero-order valence-corrected chi connectivity index (χ0v) is 17.2. The van der Waals surface area contributed by atoms with Crippen LogP contribution < -0.4 is 10.2 Å². The van der Waals surface area contributed by atoms with Crippen LogP contribution in [0.5, 0.6) is 0 Å². The Hall–Kier alpha value is -3.66. The van der Waals surface area contributed by atoms with Crippen LogP contribution >= 0.6 is 0 Å². The Labute approximate surface area is 173 Å². The van der Waals surface area contributed by atoms with E-state index >= 15 is 0 Å². The molecule has 0 bridgehead atoms. The molecule has 0 amide bonds. The third kappa shape index (κ3) is 3.30. The molecule has 0 saturated heterocycles. The second-order valence-electron chi connectivity index (χ2n) is 7.16. The first-order valence-electron chi connectivity index (χ1n) is 9.26. The molecule has 0 saturated carbocycles. The van der Waals surface area contributed by atoms with Crippen molar-refractivity contribution in [3.05, 3.63) is 60.7 Å². The number of benzene rings is 2. The van der Waals surface area contributed by atoms with Crippen LogP contribution in [-0.2, 0) is 23.4 Å². The molecule has 152 valence electrons. The maximum absolute atomic E-state index is 11.6. The Kier molecular flexibility index (Phi) is 4.10. The summed E-state index contributed by atoms with van der Waals surface area (Å²) >= 11 is 0.